The van der Waals surface area contributed by atoms with E-state index < -0.39 is 0 Å². The van der Waals surface area contributed by atoms with Crippen molar-refractivity contribution in [1.29, 1.82) is 0 Å². The quantitative estimate of drug-likeness (QED) is 0.517. The van der Waals surface area contributed by atoms with E-state index in [9.17, 15) is 9.59 Å². The van der Waals surface area contributed by atoms with Crippen molar-refractivity contribution >= 4 is 34.1 Å². The standard InChI is InChI=1S/C25H32N6O3S/c1-25(2,3)31-12-10-17(14-31)23(33)26-13-22(32)29-24-28-20(16-35-24)19-8-5-9-21(27-19)30-11-6-7-18(15-30)34-4/h5,8-10,12,14,16,18H,6-7,11,13,15H2,1-4H3,(H,26,33)(H,28,29,32)/t18-/m1/s1. The molecule has 186 valence electrons. The van der Waals surface area contributed by atoms with Crippen molar-refractivity contribution in [1.82, 2.24) is 19.9 Å². The van der Waals surface area contributed by atoms with Crippen LogP contribution in [0, 0.1) is 0 Å². The molecule has 1 aliphatic heterocycles. The van der Waals surface area contributed by atoms with E-state index in [1.165, 1.54) is 11.3 Å². The van der Waals surface area contributed by atoms with Gasteiger partial charge in [-0.2, -0.15) is 0 Å². The van der Waals surface area contributed by atoms with Gasteiger partial charge in [0.1, 0.15) is 11.5 Å². The number of methoxy groups -OCH3 is 1. The number of piperidine rings is 1. The van der Waals surface area contributed by atoms with Gasteiger partial charge in [0, 0.05) is 43.5 Å². The Morgan fingerprint density at radius 1 is 1.20 bits per heavy atom. The summed E-state index contributed by atoms with van der Waals surface area (Å²) in [5.74, 6) is 0.262. The van der Waals surface area contributed by atoms with Gasteiger partial charge in [0.15, 0.2) is 5.13 Å². The Hall–Kier alpha value is -3.24. The zero-order chi connectivity index (χ0) is 25.0. The van der Waals surface area contributed by atoms with E-state index in [0.29, 0.717) is 16.4 Å². The molecule has 10 heteroatoms. The summed E-state index contributed by atoms with van der Waals surface area (Å²) in [7, 11) is 1.75. The van der Waals surface area contributed by atoms with Gasteiger partial charge in [-0.05, 0) is 51.8 Å². The van der Waals surface area contributed by atoms with Crippen LogP contribution in [0.3, 0.4) is 0 Å². The average Bonchev–Trinajstić information content (AvgIpc) is 3.53. The van der Waals surface area contributed by atoms with Crippen LogP contribution < -0.4 is 15.5 Å². The SMILES string of the molecule is CO[C@@H]1CCCN(c2cccc(-c3csc(NC(=O)CNC(=O)c4ccn(C(C)(C)C)c4)n3)n2)C1. The highest BCUT2D eigenvalue weighted by Gasteiger charge is 2.21. The molecule has 0 radical (unpaired) electrons. The van der Waals surface area contributed by atoms with Gasteiger partial charge in [-0.3, -0.25) is 9.59 Å². The van der Waals surface area contributed by atoms with Crippen LogP contribution in [0.1, 0.15) is 44.0 Å². The van der Waals surface area contributed by atoms with E-state index in [4.69, 9.17) is 9.72 Å². The average molecular weight is 497 g/mol. The van der Waals surface area contributed by atoms with Gasteiger partial charge in [0.2, 0.25) is 5.91 Å². The second-order valence-electron chi connectivity index (χ2n) is 9.57. The molecule has 2 amide bonds. The van der Waals surface area contributed by atoms with Gasteiger partial charge >= 0.3 is 0 Å². The van der Waals surface area contributed by atoms with Crippen molar-refractivity contribution in [3.8, 4) is 11.4 Å². The van der Waals surface area contributed by atoms with E-state index in [1.807, 2.05) is 34.3 Å². The Balaban J connectivity index is 1.33. The zero-order valence-corrected chi connectivity index (χ0v) is 21.4. The molecular formula is C25H32N6O3S. The largest absolute Gasteiger partial charge is 0.380 e. The van der Waals surface area contributed by atoms with Gasteiger partial charge in [-0.25, -0.2) is 9.97 Å². The van der Waals surface area contributed by atoms with Gasteiger partial charge in [0.25, 0.3) is 5.91 Å². The van der Waals surface area contributed by atoms with Crippen LogP contribution in [0.5, 0.6) is 0 Å². The monoisotopic (exact) mass is 496 g/mol. The lowest BCUT2D eigenvalue weighted by molar-refractivity contribution is -0.115. The number of amides is 2. The van der Waals surface area contributed by atoms with E-state index in [1.54, 1.807) is 19.4 Å². The summed E-state index contributed by atoms with van der Waals surface area (Å²) in [4.78, 5) is 36.3. The number of aromatic nitrogens is 3. The first kappa shape index (κ1) is 24.9. The van der Waals surface area contributed by atoms with Crippen molar-refractivity contribution in [2.75, 3.05) is 37.0 Å². The van der Waals surface area contributed by atoms with E-state index in [-0.39, 0.29) is 30.0 Å². The first-order valence-electron chi connectivity index (χ1n) is 11.7. The number of carbonyl (C=O) groups is 2. The number of carbonyl (C=O) groups excluding carboxylic acids is 2. The van der Waals surface area contributed by atoms with Crippen LogP contribution in [0.25, 0.3) is 11.4 Å². The summed E-state index contributed by atoms with van der Waals surface area (Å²) in [5, 5.41) is 7.74. The lowest BCUT2D eigenvalue weighted by Gasteiger charge is -2.32. The number of anilines is 2. The van der Waals surface area contributed by atoms with Crippen LogP contribution in [0.15, 0.2) is 42.0 Å². The second kappa shape index (κ2) is 10.6. The van der Waals surface area contributed by atoms with Gasteiger partial charge in [-0.1, -0.05) is 6.07 Å². The molecule has 0 aromatic carbocycles. The van der Waals surface area contributed by atoms with Crippen molar-refractivity contribution < 1.29 is 14.3 Å². The number of hydrogen-bond donors (Lipinski definition) is 2. The fraction of sp³-hybridized carbons (Fsp3) is 0.440. The first-order chi connectivity index (χ1) is 16.7. The Morgan fingerprint density at radius 2 is 2.03 bits per heavy atom. The molecule has 2 N–H and O–H groups in total. The van der Waals surface area contributed by atoms with Gasteiger partial charge < -0.3 is 24.8 Å². The molecule has 4 heterocycles. The van der Waals surface area contributed by atoms with E-state index in [2.05, 4.69) is 41.3 Å². The third-order valence-electron chi connectivity index (χ3n) is 5.92. The summed E-state index contributed by atoms with van der Waals surface area (Å²) in [6, 6.07) is 7.61. The van der Waals surface area contributed by atoms with Crippen molar-refractivity contribution in [2.24, 2.45) is 0 Å². The molecule has 3 aromatic rings. The molecule has 9 nitrogen and oxygen atoms in total. The number of thiazole rings is 1. The normalized spacial score (nSPS) is 16.2. The van der Waals surface area contributed by atoms with Crippen LogP contribution >= 0.6 is 11.3 Å². The Labute approximate surface area is 209 Å². The minimum Gasteiger partial charge on any atom is -0.380 e. The van der Waals surface area contributed by atoms with Crippen molar-refractivity contribution in [3.63, 3.8) is 0 Å². The number of ether oxygens (including phenoxy) is 1. The Bertz CT molecular complexity index is 1180. The Kier molecular flexibility index (Phi) is 7.51. The third-order valence-corrected chi connectivity index (χ3v) is 6.68. The molecular weight excluding hydrogens is 464 g/mol. The maximum Gasteiger partial charge on any atom is 0.253 e. The molecule has 35 heavy (non-hydrogen) atoms. The molecule has 1 fully saturated rings. The van der Waals surface area contributed by atoms with Crippen molar-refractivity contribution in [2.45, 2.75) is 45.3 Å². The lowest BCUT2D eigenvalue weighted by atomic mass is 10.1. The minimum atomic E-state index is -0.338. The predicted octanol–water partition coefficient (Wildman–Crippen LogP) is 3.75. The maximum atomic E-state index is 12.4. The molecule has 1 saturated heterocycles. The molecule has 3 aromatic heterocycles. The topological polar surface area (TPSA) is 101 Å². The van der Waals surface area contributed by atoms with Crippen molar-refractivity contribution in [3.05, 3.63) is 47.6 Å². The first-order valence-corrected chi connectivity index (χ1v) is 12.6. The number of nitrogens with zero attached hydrogens (tertiary/aromatic N) is 4. The fourth-order valence-electron chi connectivity index (χ4n) is 3.90. The van der Waals surface area contributed by atoms with E-state index in [0.717, 1.165) is 37.4 Å². The van der Waals surface area contributed by atoms with Gasteiger partial charge in [0.05, 0.1) is 23.9 Å². The Morgan fingerprint density at radius 3 is 2.77 bits per heavy atom. The molecule has 0 aliphatic carbocycles. The number of nitrogens with one attached hydrogen (secondary N) is 2. The summed E-state index contributed by atoms with van der Waals surface area (Å²) in [6.07, 6.45) is 5.98. The second-order valence-corrected chi connectivity index (χ2v) is 10.4. The smallest absolute Gasteiger partial charge is 0.253 e. The molecule has 1 atom stereocenters. The lowest BCUT2D eigenvalue weighted by Crippen LogP contribution is -2.39. The highest BCUT2D eigenvalue weighted by Crippen LogP contribution is 2.26. The van der Waals surface area contributed by atoms with Crippen LogP contribution in [-0.2, 0) is 15.1 Å². The molecule has 0 bridgehead atoms. The summed E-state index contributed by atoms with van der Waals surface area (Å²) >= 11 is 1.32. The van der Waals surface area contributed by atoms with Crippen LogP contribution in [-0.4, -0.2) is 59.2 Å². The number of hydrogen-bond acceptors (Lipinski definition) is 7. The summed E-state index contributed by atoms with van der Waals surface area (Å²) in [5.41, 5.74) is 1.84. The summed E-state index contributed by atoms with van der Waals surface area (Å²) < 4.78 is 7.49. The zero-order valence-electron chi connectivity index (χ0n) is 20.6. The molecule has 4 rings (SSSR count). The fourth-order valence-corrected chi connectivity index (χ4v) is 4.62. The number of pyridine rings is 1. The highest BCUT2D eigenvalue weighted by atomic mass is 32.1. The molecule has 0 unspecified atom stereocenters. The van der Waals surface area contributed by atoms with E-state index >= 15 is 0 Å². The number of rotatable bonds is 7. The van der Waals surface area contributed by atoms with Crippen LogP contribution in [0.2, 0.25) is 0 Å². The van der Waals surface area contributed by atoms with Crippen LogP contribution in [0.4, 0.5) is 10.9 Å². The summed E-state index contributed by atoms with van der Waals surface area (Å²) in [6.45, 7) is 7.79. The van der Waals surface area contributed by atoms with Gasteiger partial charge in [-0.15, -0.1) is 11.3 Å². The minimum absolute atomic E-state index is 0.118. The molecule has 0 saturated carbocycles. The predicted molar refractivity (Wildman–Crippen MR) is 138 cm³/mol. The molecule has 0 spiro atoms. The maximum absolute atomic E-state index is 12.4. The highest BCUT2D eigenvalue weighted by molar-refractivity contribution is 7.14. The molecule has 1 aliphatic rings. The third kappa shape index (κ3) is 6.26.